The van der Waals surface area contributed by atoms with Crippen LogP contribution >= 0.6 is 0 Å². The smallest absolute Gasteiger partial charge is 0.254 e. The largest absolute Gasteiger partial charge is 0.391 e. The Morgan fingerprint density at radius 1 is 1.58 bits per heavy atom. The number of aliphatic hydroxyl groups excluding tert-OH is 1. The number of methoxy groups -OCH3 is 1. The van der Waals surface area contributed by atoms with Gasteiger partial charge in [-0.25, -0.2) is 0 Å². The number of ether oxygens (including phenoxy) is 1. The van der Waals surface area contributed by atoms with Gasteiger partial charge in [-0.2, -0.15) is 5.10 Å². The lowest BCUT2D eigenvalue weighted by molar-refractivity contribution is 0.0587. The van der Waals surface area contributed by atoms with Gasteiger partial charge < -0.3 is 15.2 Å². The van der Waals surface area contributed by atoms with Gasteiger partial charge in [-0.15, -0.1) is 0 Å². The molecule has 108 valence electrons. The molecular formula is C13H23N3O3. The number of nitrogens with one attached hydrogen (secondary N) is 1. The van der Waals surface area contributed by atoms with Crippen LogP contribution in [0.3, 0.4) is 0 Å². The van der Waals surface area contributed by atoms with Gasteiger partial charge >= 0.3 is 0 Å². The van der Waals surface area contributed by atoms with Crippen molar-refractivity contribution in [2.75, 3.05) is 20.3 Å². The molecule has 19 heavy (non-hydrogen) atoms. The molecule has 1 rings (SSSR count). The second-order valence-corrected chi connectivity index (χ2v) is 5.50. The van der Waals surface area contributed by atoms with E-state index in [-0.39, 0.29) is 18.1 Å². The Morgan fingerprint density at radius 3 is 2.79 bits per heavy atom. The van der Waals surface area contributed by atoms with Crippen molar-refractivity contribution in [3.8, 4) is 0 Å². The van der Waals surface area contributed by atoms with Gasteiger partial charge in [0.2, 0.25) is 0 Å². The molecule has 1 atom stereocenters. The van der Waals surface area contributed by atoms with Gasteiger partial charge in [0.25, 0.3) is 5.91 Å². The maximum absolute atomic E-state index is 11.8. The monoisotopic (exact) mass is 269 g/mol. The zero-order valence-electron chi connectivity index (χ0n) is 12.0. The fraction of sp³-hybridized carbons (Fsp3) is 0.692. The average molecular weight is 269 g/mol. The number of hydrogen-bond donors (Lipinski definition) is 2. The van der Waals surface area contributed by atoms with E-state index in [4.69, 9.17) is 4.74 Å². The van der Waals surface area contributed by atoms with E-state index >= 15 is 0 Å². The van der Waals surface area contributed by atoms with Crippen LogP contribution in [0.2, 0.25) is 0 Å². The highest BCUT2D eigenvalue weighted by Gasteiger charge is 2.16. The Morgan fingerprint density at radius 2 is 2.26 bits per heavy atom. The maximum Gasteiger partial charge on any atom is 0.254 e. The summed E-state index contributed by atoms with van der Waals surface area (Å²) in [6, 6.07) is 0. The fourth-order valence-electron chi connectivity index (χ4n) is 1.54. The highest BCUT2D eigenvalue weighted by Crippen LogP contribution is 2.13. The summed E-state index contributed by atoms with van der Waals surface area (Å²) >= 11 is 0. The summed E-state index contributed by atoms with van der Waals surface area (Å²) in [5.74, 6) is -0.180. The fourth-order valence-corrected chi connectivity index (χ4v) is 1.54. The molecule has 0 aromatic carbocycles. The lowest BCUT2D eigenvalue weighted by atomic mass is 10.1. The van der Waals surface area contributed by atoms with Crippen LogP contribution in [-0.4, -0.2) is 47.2 Å². The maximum atomic E-state index is 11.8. The summed E-state index contributed by atoms with van der Waals surface area (Å²) in [5, 5.41) is 16.4. The summed E-state index contributed by atoms with van der Waals surface area (Å²) in [7, 11) is 1.53. The molecule has 0 radical (unpaired) electrons. The van der Waals surface area contributed by atoms with E-state index < -0.39 is 6.10 Å². The number of carbonyl (C=O) groups is 1. The lowest BCUT2D eigenvalue weighted by Gasteiger charge is -2.18. The second kappa shape index (κ2) is 6.68. The lowest BCUT2D eigenvalue weighted by Crippen LogP contribution is -2.28. The summed E-state index contributed by atoms with van der Waals surface area (Å²) in [6.07, 6.45) is 3.18. The molecule has 0 saturated carbocycles. The summed E-state index contributed by atoms with van der Waals surface area (Å²) in [4.78, 5) is 11.8. The first-order chi connectivity index (χ1) is 8.84. The Balaban J connectivity index is 2.44. The zero-order valence-corrected chi connectivity index (χ0v) is 12.0. The number of amides is 1. The standard InChI is InChI=1S/C13H23N3O3/c1-13(2,3)16-8-10(7-15-16)12(18)14-6-5-11(17)9-19-4/h7-8,11,17H,5-6,9H2,1-4H3,(H,14,18). The Hall–Kier alpha value is -1.40. The Labute approximate surface area is 113 Å². The van der Waals surface area contributed by atoms with Crippen LogP contribution in [0.4, 0.5) is 0 Å². The molecule has 0 saturated heterocycles. The van der Waals surface area contributed by atoms with Crippen molar-refractivity contribution in [1.29, 1.82) is 0 Å². The highest BCUT2D eigenvalue weighted by molar-refractivity contribution is 5.93. The van der Waals surface area contributed by atoms with Gasteiger partial charge in [0.05, 0.1) is 30.0 Å². The number of rotatable bonds is 6. The van der Waals surface area contributed by atoms with E-state index in [0.717, 1.165) is 0 Å². The van der Waals surface area contributed by atoms with E-state index in [1.165, 1.54) is 7.11 Å². The molecule has 1 amide bonds. The quantitative estimate of drug-likeness (QED) is 0.799. The first-order valence-corrected chi connectivity index (χ1v) is 6.35. The van der Waals surface area contributed by atoms with E-state index in [0.29, 0.717) is 18.5 Å². The van der Waals surface area contributed by atoms with Crippen molar-refractivity contribution in [3.63, 3.8) is 0 Å². The molecule has 1 unspecified atom stereocenters. The van der Waals surface area contributed by atoms with Crippen LogP contribution in [0.15, 0.2) is 12.4 Å². The topological polar surface area (TPSA) is 76.4 Å². The summed E-state index contributed by atoms with van der Waals surface area (Å²) in [6.45, 7) is 6.73. The van der Waals surface area contributed by atoms with Crippen LogP contribution in [-0.2, 0) is 10.3 Å². The van der Waals surface area contributed by atoms with Crippen molar-refractivity contribution in [2.45, 2.75) is 38.8 Å². The van der Waals surface area contributed by atoms with Gasteiger partial charge in [-0.1, -0.05) is 0 Å². The van der Waals surface area contributed by atoms with Gasteiger partial charge in [-0.05, 0) is 27.2 Å². The zero-order chi connectivity index (χ0) is 14.5. The van der Waals surface area contributed by atoms with Gasteiger partial charge in [-0.3, -0.25) is 9.48 Å². The number of aromatic nitrogens is 2. The molecule has 1 aromatic rings. The molecule has 0 fully saturated rings. The first-order valence-electron chi connectivity index (χ1n) is 6.35. The van der Waals surface area contributed by atoms with Gasteiger partial charge in [0, 0.05) is 19.9 Å². The van der Waals surface area contributed by atoms with Gasteiger partial charge in [0.1, 0.15) is 0 Å². The predicted molar refractivity (Wildman–Crippen MR) is 72.1 cm³/mol. The third-order valence-electron chi connectivity index (χ3n) is 2.65. The molecule has 0 bridgehead atoms. The van der Waals surface area contributed by atoms with E-state index in [1.807, 2.05) is 20.8 Å². The number of hydrogen-bond acceptors (Lipinski definition) is 4. The molecule has 0 aliphatic carbocycles. The number of nitrogens with zero attached hydrogens (tertiary/aromatic N) is 2. The van der Waals surface area contributed by atoms with E-state index in [9.17, 15) is 9.90 Å². The first kappa shape index (κ1) is 15.7. The minimum atomic E-state index is -0.553. The second-order valence-electron chi connectivity index (χ2n) is 5.50. The van der Waals surface area contributed by atoms with Crippen molar-refractivity contribution in [1.82, 2.24) is 15.1 Å². The molecule has 1 heterocycles. The molecular weight excluding hydrogens is 246 g/mol. The molecule has 0 aliphatic heterocycles. The van der Waals surface area contributed by atoms with Crippen molar-refractivity contribution < 1.29 is 14.6 Å². The van der Waals surface area contributed by atoms with Crippen LogP contribution in [0.1, 0.15) is 37.6 Å². The third kappa shape index (κ3) is 5.00. The molecule has 2 N–H and O–H groups in total. The summed E-state index contributed by atoms with van der Waals surface area (Å²) < 4.78 is 6.56. The Kier molecular flexibility index (Phi) is 5.50. The third-order valence-corrected chi connectivity index (χ3v) is 2.65. The van der Waals surface area contributed by atoms with E-state index in [1.54, 1.807) is 17.1 Å². The van der Waals surface area contributed by atoms with Crippen LogP contribution in [0.25, 0.3) is 0 Å². The van der Waals surface area contributed by atoms with E-state index in [2.05, 4.69) is 10.4 Å². The highest BCUT2D eigenvalue weighted by atomic mass is 16.5. The minimum absolute atomic E-state index is 0.146. The van der Waals surface area contributed by atoms with Gasteiger partial charge in [0.15, 0.2) is 0 Å². The van der Waals surface area contributed by atoms with Crippen LogP contribution in [0, 0.1) is 0 Å². The molecule has 0 aliphatic rings. The van der Waals surface area contributed by atoms with Crippen molar-refractivity contribution >= 4 is 5.91 Å². The van der Waals surface area contributed by atoms with Crippen LogP contribution in [0.5, 0.6) is 0 Å². The van der Waals surface area contributed by atoms with Crippen molar-refractivity contribution in [3.05, 3.63) is 18.0 Å². The number of aliphatic hydroxyl groups is 1. The molecule has 6 heteroatoms. The molecule has 6 nitrogen and oxygen atoms in total. The number of carbonyl (C=O) groups excluding carboxylic acids is 1. The Bertz CT molecular complexity index is 410. The average Bonchev–Trinajstić information content (AvgIpc) is 2.78. The normalized spacial score (nSPS) is 13.3. The predicted octanol–water partition coefficient (Wildman–Crippen LogP) is 0.765. The SMILES string of the molecule is COCC(O)CCNC(=O)c1cnn(C(C)(C)C)c1. The van der Waals surface area contributed by atoms with Crippen molar-refractivity contribution in [2.24, 2.45) is 0 Å². The van der Waals surface area contributed by atoms with Crippen LogP contribution < -0.4 is 5.32 Å². The minimum Gasteiger partial charge on any atom is -0.391 e. The molecule has 0 spiro atoms. The molecule has 1 aromatic heterocycles. The summed E-state index contributed by atoms with van der Waals surface area (Å²) in [5.41, 5.74) is 0.379.